The second-order valence-electron chi connectivity index (χ2n) is 6.98. The molecular formula is C23H27N3O5. The standard InChI is InChI=1S/C23H27N3O5/c1-5-25(6-2)23(28)16-31-19-11-9-18(10-12-19)22(27)14-8-17-7-13-20(24(3)4)21(15-17)26(29)30/h7-15H,5-6,16H2,1-4H3/b14-8+. The van der Waals surface area contributed by atoms with Gasteiger partial charge in [-0.3, -0.25) is 19.7 Å². The molecule has 0 radical (unpaired) electrons. The number of amides is 1. The third kappa shape index (κ3) is 6.40. The molecule has 0 saturated carbocycles. The molecule has 1 amide bonds. The number of carbonyl (C=O) groups excluding carboxylic acids is 2. The highest BCUT2D eigenvalue weighted by Gasteiger charge is 2.15. The van der Waals surface area contributed by atoms with Gasteiger partial charge in [-0.1, -0.05) is 12.1 Å². The van der Waals surface area contributed by atoms with Gasteiger partial charge in [0.2, 0.25) is 0 Å². The predicted octanol–water partition coefficient (Wildman–Crippen LogP) is 3.80. The number of nitro groups is 1. The quantitative estimate of drug-likeness (QED) is 0.249. The fourth-order valence-electron chi connectivity index (χ4n) is 2.96. The van der Waals surface area contributed by atoms with Crippen molar-refractivity contribution in [2.45, 2.75) is 13.8 Å². The summed E-state index contributed by atoms with van der Waals surface area (Å²) in [6, 6.07) is 11.3. The summed E-state index contributed by atoms with van der Waals surface area (Å²) in [4.78, 5) is 38.6. The van der Waals surface area contributed by atoms with Gasteiger partial charge >= 0.3 is 0 Å². The van der Waals surface area contributed by atoms with E-state index in [-0.39, 0.29) is 24.0 Å². The van der Waals surface area contributed by atoms with Crippen molar-refractivity contribution in [1.82, 2.24) is 4.90 Å². The van der Waals surface area contributed by atoms with Crippen LogP contribution in [-0.2, 0) is 4.79 Å². The summed E-state index contributed by atoms with van der Waals surface area (Å²) in [5.74, 6) is 0.156. The van der Waals surface area contributed by atoms with E-state index in [9.17, 15) is 19.7 Å². The lowest BCUT2D eigenvalue weighted by Gasteiger charge is -2.18. The summed E-state index contributed by atoms with van der Waals surface area (Å²) in [7, 11) is 3.46. The molecule has 0 N–H and O–H groups in total. The van der Waals surface area contributed by atoms with Gasteiger partial charge in [-0.05, 0) is 55.8 Å². The maximum absolute atomic E-state index is 12.4. The van der Waals surface area contributed by atoms with E-state index < -0.39 is 4.92 Å². The van der Waals surface area contributed by atoms with Crippen molar-refractivity contribution in [2.75, 3.05) is 38.7 Å². The lowest BCUT2D eigenvalue weighted by molar-refractivity contribution is -0.384. The minimum atomic E-state index is -0.446. The van der Waals surface area contributed by atoms with Crippen molar-refractivity contribution in [3.05, 3.63) is 69.8 Å². The van der Waals surface area contributed by atoms with E-state index in [4.69, 9.17) is 4.74 Å². The first-order valence-electron chi connectivity index (χ1n) is 9.95. The van der Waals surface area contributed by atoms with Gasteiger partial charge in [0, 0.05) is 38.8 Å². The molecule has 0 heterocycles. The molecule has 0 bridgehead atoms. The Morgan fingerprint density at radius 2 is 1.71 bits per heavy atom. The van der Waals surface area contributed by atoms with Crippen molar-refractivity contribution >= 4 is 29.1 Å². The molecule has 2 rings (SSSR count). The number of nitro benzene ring substituents is 1. The first kappa shape index (κ1) is 23.6. The minimum Gasteiger partial charge on any atom is -0.484 e. The Balaban J connectivity index is 2.04. The monoisotopic (exact) mass is 425 g/mol. The second-order valence-corrected chi connectivity index (χ2v) is 6.98. The van der Waals surface area contributed by atoms with Crippen molar-refractivity contribution < 1.29 is 19.2 Å². The van der Waals surface area contributed by atoms with Crippen LogP contribution in [0.2, 0.25) is 0 Å². The van der Waals surface area contributed by atoms with Crippen LogP contribution < -0.4 is 9.64 Å². The van der Waals surface area contributed by atoms with Crippen LogP contribution in [0.1, 0.15) is 29.8 Å². The molecule has 2 aromatic rings. The Hall–Kier alpha value is -3.68. The molecule has 0 spiro atoms. The number of ketones is 1. The van der Waals surface area contributed by atoms with E-state index in [0.717, 1.165) is 0 Å². The average molecular weight is 425 g/mol. The summed E-state index contributed by atoms with van der Waals surface area (Å²) in [6.45, 7) is 5.00. The zero-order valence-electron chi connectivity index (χ0n) is 18.2. The summed E-state index contributed by atoms with van der Waals surface area (Å²) in [5, 5.41) is 11.3. The number of likely N-dealkylation sites (N-methyl/N-ethyl adjacent to an activating group) is 1. The topological polar surface area (TPSA) is 93.0 Å². The molecule has 0 unspecified atom stereocenters. The lowest BCUT2D eigenvalue weighted by atomic mass is 10.1. The molecule has 0 saturated heterocycles. The van der Waals surface area contributed by atoms with Gasteiger partial charge < -0.3 is 14.5 Å². The number of rotatable bonds is 10. The summed E-state index contributed by atoms with van der Waals surface area (Å²) in [5.41, 5.74) is 1.46. The molecule has 8 nitrogen and oxygen atoms in total. The van der Waals surface area contributed by atoms with Gasteiger partial charge in [0.25, 0.3) is 11.6 Å². The SMILES string of the molecule is CCN(CC)C(=O)COc1ccc(C(=O)/C=C/c2ccc(N(C)C)c([N+](=O)[O-])c2)cc1. The number of hydrogen-bond acceptors (Lipinski definition) is 6. The molecular weight excluding hydrogens is 398 g/mol. The second kappa shape index (κ2) is 10.9. The Morgan fingerprint density at radius 3 is 2.26 bits per heavy atom. The smallest absolute Gasteiger partial charge is 0.293 e. The van der Waals surface area contributed by atoms with Gasteiger partial charge in [-0.25, -0.2) is 0 Å². The summed E-state index contributed by atoms with van der Waals surface area (Å²) in [6.07, 6.45) is 2.91. The Morgan fingerprint density at radius 1 is 1.06 bits per heavy atom. The van der Waals surface area contributed by atoms with Gasteiger partial charge in [0.05, 0.1) is 4.92 Å². The van der Waals surface area contributed by atoms with E-state index in [1.165, 1.54) is 12.1 Å². The van der Waals surface area contributed by atoms with Crippen LogP contribution in [0, 0.1) is 10.1 Å². The van der Waals surface area contributed by atoms with Gasteiger partial charge in [0.1, 0.15) is 11.4 Å². The zero-order chi connectivity index (χ0) is 23.0. The lowest BCUT2D eigenvalue weighted by Crippen LogP contribution is -2.34. The molecule has 0 aliphatic carbocycles. The molecule has 0 fully saturated rings. The number of nitrogens with zero attached hydrogens (tertiary/aromatic N) is 3. The van der Waals surface area contributed by atoms with E-state index >= 15 is 0 Å². The highest BCUT2D eigenvalue weighted by molar-refractivity contribution is 6.06. The minimum absolute atomic E-state index is 0.0274. The van der Waals surface area contributed by atoms with Gasteiger partial charge in [0.15, 0.2) is 12.4 Å². The van der Waals surface area contributed by atoms with E-state index in [0.29, 0.717) is 35.7 Å². The predicted molar refractivity (Wildman–Crippen MR) is 121 cm³/mol. The third-order valence-electron chi connectivity index (χ3n) is 4.72. The summed E-state index contributed by atoms with van der Waals surface area (Å²) < 4.78 is 5.49. The zero-order valence-corrected chi connectivity index (χ0v) is 18.2. The largest absolute Gasteiger partial charge is 0.484 e. The van der Waals surface area contributed by atoms with Crippen molar-refractivity contribution in [3.63, 3.8) is 0 Å². The van der Waals surface area contributed by atoms with Crippen LogP contribution in [0.5, 0.6) is 5.75 Å². The van der Waals surface area contributed by atoms with Crippen LogP contribution in [0.3, 0.4) is 0 Å². The number of hydrogen-bond donors (Lipinski definition) is 0. The molecule has 0 atom stereocenters. The molecule has 0 aliphatic rings. The molecule has 164 valence electrons. The van der Waals surface area contributed by atoms with Crippen molar-refractivity contribution in [1.29, 1.82) is 0 Å². The highest BCUT2D eigenvalue weighted by Crippen LogP contribution is 2.28. The Labute approximate surface area is 181 Å². The van der Waals surface area contributed by atoms with Crippen molar-refractivity contribution in [2.24, 2.45) is 0 Å². The van der Waals surface area contributed by atoms with Gasteiger partial charge in [-0.15, -0.1) is 0 Å². The maximum Gasteiger partial charge on any atom is 0.293 e. The maximum atomic E-state index is 12.4. The van der Waals surface area contributed by atoms with Gasteiger partial charge in [-0.2, -0.15) is 0 Å². The fourth-order valence-corrected chi connectivity index (χ4v) is 2.96. The molecule has 0 aromatic heterocycles. The number of ether oxygens (including phenoxy) is 1. The first-order valence-corrected chi connectivity index (χ1v) is 9.95. The first-order chi connectivity index (χ1) is 14.8. The molecule has 2 aromatic carbocycles. The van der Waals surface area contributed by atoms with Crippen LogP contribution >= 0.6 is 0 Å². The van der Waals surface area contributed by atoms with Crippen LogP contribution in [-0.4, -0.2) is 55.3 Å². The van der Waals surface area contributed by atoms with Crippen LogP contribution in [0.4, 0.5) is 11.4 Å². The number of allylic oxidation sites excluding steroid dienone is 1. The number of benzene rings is 2. The van der Waals surface area contributed by atoms with Crippen LogP contribution in [0.15, 0.2) is 48.5 Å². The fraction of sp³-hybridized carbons (Fsp3) is 0.304. The van der Waals surface area contributed by atoms with E-state index in [1.54, 1.807) is 66.4 Å². The number of carbonyl (C=O) groups is 2. The van der Waals surface area contributed by atoms with Crippen molar-refractivity contribution in [3.8, 4) is 5.75 Å². The summed E-state index contributed by atoms with van der Waals surface area (Å²) >= 11 is 0. The molecule has 31 heavy (non-hydrogen) atoms. The highest BCUT2D eigenvalue weighted by atomic mass is 16.6. The third-order valence-corrected chi connectivity index (χ3v) is 4.72. The van der Waals surface area contributed by atoms with E-state index in [2.05, 4.69) is 0 Å². The van der Waals surface area contributed by atoms with Crippen LogP contribution in [0.25, 0.3) is 6.08 Å². The van der Waals surface area contributed by atoms with E-state index in [1.807, 2.05) is 13.8 Å². The number of anilines is 1. The Bertz CT molecular complexity index is 964. The molecule has 0 aliphatic heterocycles. The average Bonchev–Trinajstić information content (AvgIpc) is 2.76. The molecule has 8 heteroatoms. The Kier molecular flexibility index (Phi) is 8.31. The normalized spacial score (nSPS) is 10.7.